The Morgan fingerprint density at radius 2 is 1.91 bits per heavy atom. The van der Waals surface area contributed by atoms with Crippen molar-refractivity contribution in [3.63, 3.8) is 0 Å². The number of benzene rings is 1. The number of pyridine rings is 1. The first-order valence-corrected chi connectivity index (χ1v) is 12.0. The lowest BCUT2D eigenvalue weighted by molar-refractivity contribution is -0.123. The maximum Gasteiger partial charge on any atom is 0.253 e. The Morgan fingerprint density at radius 1 is 1.12 bits per heavy atom. The molecular formula is C26H30N4O4. The summed E-state index contributed by atoms with van der Waals surface area (Å²) in [4.78, 5) is 32.7. The molecule has 0 atom stereocenters. The summed E-state index contributed by atoms with van der Waals surface area (Å²) in [7, 11) is 1.83. The SMILES string of the molecule is CCc1nc2ccc(C(=O)NCc3ccc4c(c3)OCO4)cn2c1N(C)C(=O)C1CCCCC1. The second kappa shape index (κ2) is 9.37. The highest BCUT2D eigenvalue weighted by Gasteiger charge is 2.28. The van der Waals surface area contributed by atoms with Gasteiger partial charge < -0.3 is 14.8 Å². The Labute approximate surface area is 198 Å². The Bertz CT molecular complexity index is 1230. The molecular weight excluding hydrogens is 432 g/mol. The number of anilines is 1. The number of aromatic nitrogens is 2. The minimum absolute atomic E-state index is 0.0576. The summed E-state index contributed by atoms with van der Waals surface area (Å²) in [5, 5.41) is 2.97. The Hall–Kier alpha value is -3.55. The fourth-order valence-corrected chi connectivity index (χ4v) is 4.87. The van der Waals surface area contributed by atoms with Crippen molar-refractivity contribution in [2.75, 3.05) is 18.7 Å². The van der Waals surface area contributed by atoms with Gasteiger partial charge in [-0.3, -0.25) is 18.9 Å². The van der Waals surface area contributed by atoms with Crippen molar-refractivity contribution in [3.8, 4) is 11.5 Å². The van der Waals surface area contributed by atoms with Gasteiger partial charge in [0, 0.05) is 25.7 Å². The molecule has 3 heterocycles. The van der Waals surface area contributed by atoms with Crippen LogP contribution in [0, 0.1) is 5.92 Å². The lowest BCUT2D eigenvalue weighted by Crippen LogP contribution is -2.35. The molecule has 8 nitrogen and oxygen atoms in total. The quantitative estimate of drug-likeness (QED) is 0.596. The first-order valence-electron chi connectivity index (χ1n) is 12.0. The summed E-state index contributed by atoms with van der Waals surface area (Å²) in [5.74, 6) is 2.15. The lowest BCUT2D eigenvalue weighted by Gasteiger charge is -2.26. The van der Waals surface area contributed by atoms with Gasteiger partial charge in [0.05, 0.1) is 11.3 Å². The number of amides is 2. The Balaban J connectivity index is 1.37. The zero-order chi connectivity index (χ0) is 23.7. The van der Waals surface area contributed by atoms with Crippen molar-refractivity contribution in [3.05, 3.63) is 53.3 Å². The number of fused-ring (bicyclic) bond motifs is 2. The second-order valence-electron chi connectivity index (χ2n) is 8.98. The van der Waals surface area contributed by atoms with E-state index in [0.29, 0.717) is 30.0 Å². The minimum atomic E-state index is -0.196. The topological polar surface area (TPSA) is 85.2 Å². The van der Waals surface area contributed by atoms with Crippen molar-refractivity contribution >= 4 is 23.3 Å². The number of rotatable bonds is 6. The highest BCUT2D eigenvalue weighted by molar-refractivity contribution is 5.96. The van der Waals surface area contributed by atoms with Gasteiger partial charge in [-0.25, -0.2) is 4.98 Å². The molecule has 1 aliphatic carbocycles. The van der Waals surface area contributed by atoms with Crippen molar-refractivity contribution < 1.29 is 19.1 Å². The molecule has 5 rings (SSSR count). The number of nitrogens with zero attached hydrogens (tertiary/aromatic N) is 3. The van der Waals surface area contributed by atoms with Gasteiger partial charge in [0.15, 0.2) is 11.5 Å². The van der Waals surface area contributed by atoms with Crippen LogP contribution in [0.4, 0.5) is 5.82 Å². The largest absolute Gasteiger partial charge is 0.454 e. The molecule has 2 aliphatic rings. The Kier molecular flexibility index (Phi) is 6.13. The number of imidazole rings is 1. The van der Waals surface area contributed by atoms with Gasteiger partial charge in [0.1, 0.15) is 11.5 Å². The van der Waals surface area contributed by atoms with Crippen LogP contribution in [0.3, 0.4) is 0 Å². The highest BCUT2D eigenvalue weighted by atomic mass is 16.7. The summed E-state index contributed by atoms with van der Waals surface area (Å²) in [6.45, 7) is 2.61. The van der Waals surface area contributed by atoms with Gasteiger partial charge in [-0.15, -0.1) is 0 Å². The second-order valence-corrected chi connectivity index (χ2v) is 8.98. The molecule has 0 unspecified atom stereocenters. The number of carbonyl (C=O) groups is 2. The number of ether oxygens (including phenoxy) is 2. The fraction of sp³-hybridized carbons (Fsp3) is 0.423. The van der Waals surface area contributed by atoms with Crippen LogP contribution in [0.1, 0.15) is 60.6 Å². The first kappa shape index (κ1) is 22.3. The minimum Gasteiger partial charge on any atom is -0.454 e. The number of hydrogen-bond donors (Lipinski definition) is 1. The molecule has 2 amide bonds. The van der Waals surface area contributed by atoms with Gasteiger partial charge in [0.2, 0.25) is 12.7 Å². The molecule has 3 aromatic rings. The molecule has 1 aromatic carbocycles. The zero-order valence-corrected chi connectivity index (χ0v) is 19.7. The van der Waals surface area contributed by atoms with E-state index >= 15 is 0 Å². The van der Waals surface area contributed by atoms with E-state index < -0.39 is 0 Å². The third-order valence-electron chi connectivity index (χ3n) is 6.75. The average molecular weight is 463 g/mol. The molecule has 0 bridgehead atoms. The number of aryl methyl sites for hydroxylation is 1. The van der Waals surface area contributed by atoms with E-state index in [4.69, 9.17) is 14.5 Å². The predicted molar refractivity (Wildman–Crippen MR) is 128 cm³/mol. The fourth-order valence-electron chi connectivity index (χ4n) is 4.87. The molecule has 178 valence electrons. The summed E-state index contributed by atoms with van der Waals surface area (Å²) < 4.78 is 12.6. The molecule has 1 N–H and O–H groups in total. The molecule has 1 aliphatic heterocycles. The summed E-state index contributed by atoms with van der Waals surface area (Å²) in [6, 6.07) is 9.23. The van der Waals surface area contributed by atoms with Crippen LogP contribution in [0.5, 0.6) is 11.5 Å². The first-order chi connectivity index (χ1) is 16.5. The predicted octanol–water partition coefficient (Wildman–Crippen LogP) is 4.10. The number of hydrogen-bond acceptors (Lipinski definition) is 5. The summed E-state index contributed by atoms with van der Waals surface area (Å²) in [6.07, 6.45) is 7.76. The van der Waals surface area contributed by atoms with Crippen LogP contribution in [0.25, 0.3) is 5.65 Å². The van der Waals surface area contributed by atoms with Gasteiger partial charge in [0.25, 0.3) is 5.91 Å². The molecule has 1 fully saturated rings. The lowest BCUT2D eigenvalue weighted by atomic mass is 9.88. The van der Waals surface area contributed by atoms with Gasteiger partial charge in [-0.05, 0) is 49.1 Å². The maximum absolute atomic E-state index is 13.3. The third kappa shape index (κ3) is 4.20. The molecule has 34 heavy (non-hydrogen) atoms. The van der Waals surface area contributed by atoms with Crippen molar-refractivity contribution in [2.24, 2.45) is 5.92 Å². The van der Waals surface area contributed by atoms with E-state index in [-0.39, 0.29) is 24.5 Å². The molecule has 0 radical (unpaired) electrons. The van der Waals surface area contributed by atoms with Crippen LogP contribution >= 0.6 is 0 Å². The van der Waals surface area contributed by atoms with E-state index in [2.05, 4.69) is 5.32 Å². The van der Waals surface area contributed by atoms with Gasteiger partial charge in [-0.2, -0.15) is 0 Å². The van der Waals surface area contributed by atoms with E-state index in [1.54, 1.807) is 17.2 Å². The number of nitrogens with one attached hydrogen (secondary N) is 1. The molecule has 0 spiro atoms. The monoisotopic (exact) mass is 462 g/mol. The molecule has 0 saturated heterocycles. The van der Waals surface area contributed by atoms with E-state index in [0.717, 1.165) is 48.4 Å². The van der Waals surface area contributed by atoms with Crippen molar-refractivity contribution in [1.82, 2.24) is 14.7 Å². The third-order valence-corrected chi connectivity index (χ3v) is 6.75. The van der Waals surface area contributed by atoms with Crippen LogP contribution in [-0.2, 0) is 17.8 Å². The summed E-state index contributed by atoms with van der Waals surface area (Å²) >= 11 is 0. The van der Waals surface area contributed by atoms with Gasteiger partial charge in [-0.1, -0.05) is 32.3 Å². The molecule has 2 aromatic heterocycles. The maximum atomic E-state index is 13.3. The zero-order valence-electron chi connectivity index (χ0n) is 19.7. The highest BCUT2D eigenvalue weighted by Crippen LogP contribution is 2.32. The van der Waals surface area contributed by atoms with E-state index in [1.165, 1.54) is 6.42 Å². The van der Waals surface area contributed by atoms with Crippen LogP contribution < -0.4 is 19.7 Å². The normalized spacial score (nSPS) is 15.5. The van der Waals surface area contributed by atoms with E-state index in [9.17, 15) is 9.59 Å². The summed E-state index contributed by atoms with van der Waals surface area (Å²) in [5.41, 5.74) is 3.01. The van der Waals surface area contributed by atoms with Crippen LogP contribution in [-0.4, -0.2) is 35.0 Å². The average Bonchev–Trinajstić information content (AvgIpc) is 3.50. The number of carbonyl (C=O) groups excluding carboxylic acids is 2. The standard InChI is InChI=1S/C26H30N4O4/c1-3-20-25(29(2)26(32)18-7-5-4-6-8-18)30-15-19(10-12-23(30)28-20)24(31)27-14-17-9-11-21-22(13-17)34-16-33-21/h9-13,15,18H,3-8,14,16H2,1-2H3,(H,27,31). The van der Waals surface area contributed by atoms with Crippen molar-refractivity contribution in [1.29, 1.82) is 0 Å². The smallest absolute Gasteiger partial charge is 0.253 e. The molecule has 8 heteroatoms. The molecule has 1 saturated carbocycles. The Morgan fingerprint density at radius 3 is 2.71 bits per heavy atom. The van der Waals surface area contributed by atoms with Crippen LogP contribution in [0.15, 0.2) is 36.5 Å². The van der Waals surface area contributed by atoms with Gasteiger partial charge >= 0.3 is 0 Å². The van der Waals surface area contributed by atoms with Crippen LogP contribution in [0.2, 0.25) is 0 Å². The van der Waals surface area contributed by atoms with E-state index in [1.807, 2.05) is 42.6 Å². The van der Waals surface area contributed by atoms with Crippen molar-refractivity contribution in [2.45, 2.75) is 52.0 Å².